The molecule has 1 N–H and O–H groups in total. The normalized spacial score (nSPS) is 14.1. The highest BCUT2D eigenvalue weighted by Crippen LogP contribution is 2.60. The van der Waals surface area contributed by atoms with Crippen molar-refractivity contribution >= 4 is 12.1 Å². The van der Waals surface area contributed by atoms with Crippen LogP contribution in [0.1, 0.15) is 5.56 Å². The molecule has 6 nitrogen and oxygen atoms in total. The van der Waals surface area contributed by atoms with Crippen LogP contribution in [0.5, 0.6) is 17.2 Å². The molecule has 0 aliphatic rings. The van der Waals surface area contributed by atoms with Crippen LogP contribution in [-0.2, 0) is 4.79 Å². The molecular weight excluding hydrogens is 543 g/mol. The van der Waals surface area contributed by atoms with Crippen LogP contribution in [0.2, 0.25) is 0 Å². The zero-order valence-corrected chi connectivity index (χ0v) is 17.7. The Morgan fingerprint density at radius 2 is 1.14 bits per heavy atom. The molecule has 1 rings (SSSR count). The van der Waals surface area contributed by atoms with Crippen LogP contribution in [0, 0.1) is 0 Å². The molecule has 0 atom stereocenters. The average molecular weight is 556 g/mol. The number of hydrogen-bond donors (Lipinski definition) is 1. The number of rotatable bonds is 10. The van der Waals surface area contributed by atoms with Gasteiger partial charge in [0.1, 0.15) is 0 Å². The largest absolute Gasteiger partial charge is 0.493 e. The minimum atomic E-state index is -8.12. The van der Waals surface area contributed by atoms with Crippen molar-refractivity contribution in [1.82, 2.24) is 5.43 Å². The monoisotopic (exact) mass is 556 g/mol. The first kappa shape index (κ1) is 30.9. The lowest BCUT2D eigenvalue weighted by molar-refractivity contribution is -0.436. The van der Waals surface area contributed by atoms with Gasteiger partial charge in [0.2, 0.25) is 5.75 Å². The molecule has 0 spiro atoms. The second kappa shape index (κ2) is 9.72. The molecule has 206 valence electrons. The molecule has 19 heteroatoms. The molecule has 0 aromatic heterocycles. The Balaban J connectivity index is 3.31. The van der Waals surface area contributed by atoms with Gasteiger partial charge in [0.05, 0.1) is 27.5 Å². The molecule has 0 saturated heterocycles. The molecule has 0 bridgehead atoms. The first-order valence-electron chi connectivity index (χ1n) is 8.67. The Kier molecular flexibility index (Phi) is 8.34. The third-order valence-electron chi connectivity index (χ3n) is 4.29. The van der Waals surface area contributed by atoms with Gasteiger partial charge < -0.3 is 14.2 Å². The van der Waals surface area contributed by atoms with Crippen LogP contribution >= 0.6 is 0 Å². The molecule has 0 radical (unpaired) electrons. The van der Waals surface area contributed by atoms with E-state index in [1.807, 2.05) is 0 Å². The highest BCUT2D eigenvalue weighted by atomic mass is 19.4. The van der Waals surface area contributed by atoms with E-state index >= 15 is 0 Å². The van der Waals surface area contributed by atoms with Crippen LogP contribution in [0.3, 0.4) is 0 Å². The van der Waals surface area contributed by atoms with E-state index in [1.54, 1.807) is 0 Å². The van der Waals surface area contributed by atoms with Gasteiger partial charge in [-0.05, 0) is 12.1 Å². The molecule has 36 heavy (non-hydrogen) atoms. The number of nitrogens with one attached hydrogen (secondary N) is 1. The minimum absolute atomic E-state index is 0.00817. The van der Waals surface area contributed by atoms with E-state index in [0.717, 1.165) is 26.4 Å². The van der Waals surface area contributed by atoms with Crippen LogP contribution in [0.25, 0.3) is 0 Å². The number of hydrogen-bond acceptors (Lipinski definition) is 5. The number of nitrogens with zero attached hydrogens (tertiary/aromatic N) is 1. The average Bonchev–Trinajstić information content (AvgIpc) is 2.76. The standard InChI is InChI=1S/C17H13F13N2O4/c1-34-8-4-7(5-9(35-2)10(8)36-3)6-31-32-11(33)12(18,19)13(20,21)14(22,23)15(24,25)16(26,27)17(28,29)30/h4-6H,1-3H3,(H,32,33)/b31-6-. The molecule has 0 saturated carbocycles. The van der Waals surface area contributed by atoms with Crippen molar-refractivity contribution < 1.29 is 76.1 Å². The van der Waals surface area contributed by atoms with Crippen molar-refractivity contribution in [2.75, 3.05) is 21.3 Å². The van der Waals surface area contributed by atoms with Crippen LogP contribution in [0.4, 0.5) is 57.1 Å². The fourth-order valence-corrected chi connectivity index (χ4v) is 2.32. The Labute approximate surface area is 192 Å². The number of hydrazone groups is 1. The van der Waals surface area contributed by atoms with Gasteiger partial charge in [-0.2, -0.15) is 62.2 Å². The predicted molar refractivity (Wildman–Crippen MR) is 92.6 cm³/mol. The second-order valence-corrected chi connectivity index (χ2v) is 6.53. The number of halogens is 13. The molecule has 0 aliphatic carbocycles. The van der Waals surface area contributed by atoms with Crippen molar-refractivity contribution in [3.05, 3.63) is 17.7 Å². The van der Waals surface area contributed by atoms with Gasteiger partial charge in [0.25, 0.3) is 0 Å². The Bertz CT molecular complexity index is 968. The molecule has 1 aromatic rings. The van der Waals surface area contributed by atoms with Gasteiger partial charge in [-0.1, -0.05) is 0 Å². The summed E-state index contributed by atoms with van der Waals surface area (Å²) in [7, 11) is 3.43. The molecular formula is C17H13F13N2O4. The van der Waals surface area contributed by atoms with E-state index in [1.165, 1.54) is 7.11 Å². The number of carbonyl (C=O) groups excluding carboxylic acids is 1. The Morgan fingerprint density at radius 3 is 1.50 bits per heavy atom. The lowest BCUT2D eigenvalue weighted by Gasteiger charge is -2.38. The summed E-state index contributed by atoms with van der Waals surface area (Å²) in [5.41, 5.74) is 0.366. The maximum absolute atomic E-state index is 13.7. The molecule has 0 fully saturated rings. The molecule has 0 aliphatic heterocycles. The van der Waals surface area contributed by atoms with Gasteiger partial charge in [-0.3, -0.25) is 4.79 Å². The van der Waals surface area contributed by atoms with Gasteiger partial charge >= 0.3 is 41.7 Å². The van der Waals surface area contributed by atoms with Gasteiger partial charge in [-0.25, -0.2) is 5.43 Å². The third kappa shape index (κ3) is 4.78. The summed E-state index contributed by atoms with van der Waals surface area (Å²) < 4.78 is 185. The number of alkyl halides is 13. The summed E-state index contributed by atoms with van der Waals surface area (Å²) >= 11 is 0. The summed E-state index contributed by atoms with van der Waals surface area (Å²) in [6.45, 7) is 0. The van der Waals surface area contributed by atoms with Crippen LogP contribution in [-0.4, -0.2) is 69.2 Å². The molecule has 0 unspecified atom stereocenters. The summed E-state index contributed by atoms with van der Waals surface area (Å²) in [6.07, 6.45) is -7.15. The number of benzene rings is 1. The van der Waals surface area contributed by atoms with Gasteiger partial charge in [0.15, 0.2) is 11.5 Å². The predicted octanol–water partition coefficient (Wildman–Crippen LogP) is 4.90. The van der Waals surface area contributed by atoms with Crippen LogP contribution in [0.15, 0.2) is 17.2 Å². The fraction of sp³-hybridized carbons (Fsp3) is 0.529. The smallest absolute Gasteiger partial charge is 0.460 e. The Morgan fingerprint density at radius 1 is 0.722 bits per heavy atom. The maximum Gasteiger partial charge on any atom is 0.460 e. The highest BCUT2D eigenvalue weighted by Gasteiger charge is 2.91. The van der Waals surface area contributed by atoms with E-state index in [0.29, 0.717) is 11.6 Å². The zero-order valence-electron chi connectivity index (χ0n) is 17.7. The molecule has 1 amide bonds. The number of ether oxygens (including phenoxy) is 3. The number of carbonyl (C=O) groups is 1. The summed E-state index contributed by atoms with van der Waals surface area (Å²) in [5, 5.41) is 2.71. The van der Waals surface area contributed by atoms with E-state index < -0.39 is 41.7 Å². The number of methoxy groups -OCH3 is 3. The third-order valence-corrected chi connectivity index (χ3v) is 4.29. The van der Waals surface area contributed by atoms with E-state index in [2.05, 4.69) is 5.10 Å². The van der Waals surface area contributed by atoms with Gasteiger partial charge in [0, 0.05) is 5.56 Å². The van der Waals surface area contributed by atoms with Crippen LogP contribution < -0.4 is 19.6 Å². The molecule has 1 aromatic carbocycles. The maximum atomic E-state index is 13.7. The summed E-state index contributed by atoms with van der Waals surface area (Å²) in [6, 6.07) is 2.08. The topological polar surface area (TPSA) is 69.2 Å². The second-order valence-electron chi connectivity index (χ2n) is 6.53. The van der Waals surface area contributed by atoms with Crippen molar-refractivity contribution in [2.45, 2.75) is 35.8 Å². The summed E-state index contributed by atoms with van der Waals surface area (Å²) in [5.74, 6) is -42.6. The van der Waals surface area contributed by atoms with Gasteiger partial charge in [-0.15, -0.1) is 0 Å². The fourth-order valence-electron chi connectivity index (χ4n) is 2.32. The van der Waals surface area contributed by atoms with Crippen molar-refractivity contribution in [2.24, 2.45) is 5.10 Å². The highest BCUT2D eigenvalue weighted by molar-refractivity contribution is 5.87. The first-order chi connectivity index (χ1) is 16.1. The quantitative estimate of drug-likeness (QED) is 0.253. The van der Waals surface area contributed by atoms with Crippen molar-refractivity contribution in [3.8, 4) is 17.2 Å². The van der Waals surface area contributed by atoms with E-state index in [4.69, 9.17) is 14.2 Å². The number of amides is 1. The minimum Gasteiger partial charge on any atom is -0.493 e. The van der Waals surface area contributed by atoms with Crippen molar-refractivity contribution in [3.63, 3.8) is 0 Å². The lowest BCUT2D eigenvalue weighted by atomic mass is 9.93. The summed E-state index contributed by atoms with van der Waals surface area (Å²) in [4.78, 5) is 11.4. The lowest BCUT2D eigenvalue weighted by Crippen LogP contribution is -2.71. The molecule has 0 heterocycles. The first-order valence-corrected chi connectivity index (χ1v) is 8.67. The zero-order chi connectivity index (χ0) is 28.5. The van der Waals surface area contributed by atoms with E-state index in [9.17, 15) is 61.9 Å². The van der Waals surface area contributed by atoms with E-state index in [-0.39, 0.29) is 22.8 Å². The SMILES string of the molecule is COc1cc(/C=N\NC(=O)C(F)(F)C(F)(F)C(F)(F)C(F)(F)C(F)(F)C(F)(F)F)cc(OC)c1OC. The Hall–Kier alpha value is -3.15. The van der Waals surface area contributed by atoms with Crippen molar-refractivity contribution in [1.29, 1.82) is 0 Å².